The van der Waals surface area contributed by atoms with E-state index in [2.05, 4.69) is 5.32 Å². The van der Waals surface area contributed by atoms with Gasteiger partial charge in [-0.05, 0) is 11.6 Å². The van der Waals surface area contributed by atoms with Crippen molar-refractivity contribution in [1.82, 2.24) is 5.32 Å². The molecule has 1 aromatic heterocycles. The molecule has 0 aromatic carbocycles. The van der Waals surface area contributed by atoms with Crippen molar-refractivity contribution < 1.29 is 13.9 Å². The molecule has 1 aromatic rings. The van der Waals surface area contributed by atoms with Gasteiger partial charge in [0.05, 0.1) is 25.6 Å². The molecule has 2 heterocycles. The Hall–Kier alpha value is -1.00. The number of ether oxygens (including phenoxy) is 1. The van der Waals surface area contributed by atoms with Crippen molar-refractivity contribution in [1.29, 1.82) is 0 Å². The van der Waals surface area contributed by atoms with Gasteiger partial charge in [-0.25, -0.2) is 0 Å². The summed E-state index contributed by atoms with van der Waals surface area (Å²) in [5.74, 6) is -0.0556. The summed E-state index contributed by atoms with van der Waals surface area (Å²) in [6.07, 6.45) is 3.32. The number of nitrogens with one attached hydrogen (secondary N) is 1. The van der Waals surface area contributed by atoms with Crippen LogP contribution in [0.3, 0.4) is 0 Å². The van der Waals surface area contributed by atoms with Crippen molar-refractivity contribution in [3.05, 3.63) is 24.2 Å². The summed E-state index contributed by atoms with van der Waals surface area (Å²) < 4.78 is 9.76. The molecule has 2 atom stereocenters. The molecule has 0 bridgehead atoms. The Morgan fingerprint density at radius 1 is 1.60 bits per heavy atom. The highest BCUT2D eigenvalue weighted by atomic mass is 35.5. The van der Waals surface area contributed by atoms with Crippen LogP contribution in [-0.2, 0) is 9.53 Å². The van der Waals surface area contributed by atoms with Gasteiger partial charge in [0, 0.05) is 19.0 Å². The Kier molecular flexibility index (Phi) is 4.17. The molecule has 2 rings (SSSR count). The predicted molar refractivity (Wildman–Crippen MR) is 57.1 cm³/mol. The molecule has 1 aliphatic rings. The first kappa shape index (κ1) is 12.1. The van der Waals surface area contributed by atoms with Gasteiger partial charge >= 0.3 is 5.97 Å². The molecule has 1 N–H and O–H groups in total. The topological polar surface area (TPSA) is 51.5 Å². The number of carbonyl (C=O) groups excluding carboxylic acids is 1. The SMILES string of the molecule is COC(=O)C1CNCC1c1ccoc1.Cl. The monoisotopic (exact) mass is 231 g/mol. The van der Waals surface area contributed by atoms with E-state index in [4.69, 9.17) is 9.15 Å². The van der Waals surface area contributed by atoms with Gasteiger partial charge in [-0.3, -0.25) is 4.79 Å². The molecular weight excluding hydrogens is 218 g/mol. The summed E-state index contributed by atoms with van der Waals surface area (Å²) in [6, 6.07) is 1.90. The van der Waals surface area contributed by atoms with Crippen LogP contribution in [0.15, 0.2) is 23.0 Å². The highest BCUT2D eigenvalue weighted by Crippen LogP contribution is 2.28. The van der Waals surface area contributed by atoms with Crippen molar-refractivity contribution in [2.24, 2.45) is 5.92 Å². The Morgan fingerprint density at radius 3 is 3.00 bits per heavy atom. The van der Waals surface area contributed by atoms with Crippen LogP contribution in [0.4, 0.5) is 0 Å². The van der Waals surface area contributed by atoms with E-state index in [0.717, 1.165) is 12.1 Å². The van der Waals surface area contributed by atoms with E-state index in [-0.39, 0.29) is 30.2 Å². The molecule has 4 nitrogen and oxygen atoms in total. The number of rotatable bonds is 2. The van der Waals surface area contributed by atoms with Crippen molar-refractivity contribution in [3.8, 4) is 0 Å². The fourth-order valence-corrected chi connectivity index (χ4v) is 1.91. The predicted octanol–water partition coefficient (Wildman–Crippen LogP) is 1.18. The summed E-state index contributed by atoms with van der Waals surface area (Å²) in [7, 11) is 1.42. The Labute approximate surface area is 94.4 Å². The first-order valence-electron chi connectivity index (χ1n) is 4.63. The molecule has 1 fully saturated rings. The molecule has 1 aliphatic heterocycles. The summed E-state index contributed by atoms with van der Waals surface area (Å²) in [5.41, 5.74) is 1.06. The minimum absolute atomic E-state index is 0. The molecule has 0 aliphatic carbocycles. The first-order chi connectivity index (χ1) is 6.83. The minimum atomic E-state index is -0.152. The van der Waals surface area contributed by atoms with Crippen LogP contribution in [0.5, 0.6) is 0 Å². The minimum Gasteiger partial charge on any atom is -0.472 e. The molecular formula is C10H14ClNO3. The number of furan rings is 1. The molecule has 2 unspecified atom stereocenters. The molecule has 5 heteroatoms. The van der Waals surface area contributed by atoms with E-state index in [0.29, 0.717) is 6.54 Å². The summed E-state index contributed by atoms with van der Waals surface area (Å²) in [5, 5.41) is 3.18. The van der Waals surface area contributed by atoms with Gasteiger partial charge in [-0.15, -0.1) is 12.4 Å². The Morgan fingerprint density at radius 2 is 2.40 bits per heavy atom. The van der Waals surface area contributed by atoms with Gasteiger partial charge in [-0.1, -0.05) is 0 Å². The number of hydrogen-bond acceptors (Lipinski definition) is 4. The smallest absolute Gasteiger partial charge is 0.310 e. The highest BCUT2D eigenvalue weighted by Gasteiger charge is 2.35. The van der Waals surface area contributed by atoms with Crippen molar-refractivity contribution in [2.75, 3.05) is 20.2 Å². The lowest BCUT2D eigenvalue weighted by atomic mass is 9.91. The molecule has 0 amide bonds. The molecule has 84 valence electrons. The fraction of sp³-hybridized carbons (Fsp3) is 0.500. The van der Waals surface area contributed by atoms with E-state index < -0.39 is 0 Å². The van der Waals surface area contributed by atoms with Gasteiger partial charge in [0.15, 0.2) is 0 Å². The lowest BCUT2D eigenvalue weighted by Gasteiger charge is -2.14. The Bertz CT molecular complexity index is 312. The van der Waals surface area contributed by atoms with Crippen LogP contribution >= 0.6 is 12.4 Å². The molecule has 0 radical (unpaired) electrons. The quantitative estimate of drug-likeness (QED) is 0.777. The summed E-state index contributed by atoms with van der Waals surface area (Å²) >= 11 is 0. The van der Waals surface area contributed by atoms with Gasteiger partial charge < -0.3 is 14.5 Å². The fourth-order valence-electron chi connectivity index (χ4n) is 1.91. The standard InChI is InChI=1S/C10H13NO3.ClH/c1-13-10(12)9-5-11-4-8(9)7-2-3-14-6-7;/h2-3,6,8-9,11H,4-5H2,1H3;1H. The van der Waals surface area contributed by atoms with Crippen molar-refractivity contribution in [2.45, 2.75) is 5.92 Å². The van der Waals surface area contributed by atoms with Gasteiger partial charge in [0.2, 0.25) is 0 Å². The van der Waals surface area contributed by atoms with Crippen LogP contribution in [0.25, 0.3) is 0 Å². The molecule has 0 saturated carbocycles. The Balaban J connectivity index is 0.00000112. The van der Waals surface area contributed by atoms with E-state index in [1.54, 1.807) is 12.5 Å². The highest BCUT2D eigenvalue weighted by molar-refractivity contribution is 5.85. The van der Waals surface area contributed by atoms with Crippen molar-refractivity contribution in [3.63, 3.8) is 0 Å². The van der Waals surface area contributed by atoms with Gasteiger partial charge in [0.1, 0.15) is 0 Å². The van der Waals surface area contributed by atoms with E-state index in [9.17, 15) is 4.79 Å². The zero-order valence-corrected chi connectivity index (χ0v) is 9.25. The van der Waals surface area contributed by atoms with Crippen LogP contribution in [0.2, 0.25) is 0 Å². The lowest BCUT2D eigenvalue weighted by molar-refractivity contribution is -0.145. The third-order valence-electron chi connectivity index (χ3n) is 2.69. The number of carbonyl (C=O) groups is 1. The number of esters is 1. The maximum atomic E-state index is 11.4. The zero-order chi connectivity index (χ0) is 9.97. The third-order valence-corrected chi connectivity index (χ3v) is 2.69. The second-order valence-electron chi connectivity index (χ2n) is 3.45. The molecule has 0 spiro atoms. The van der Waals surface area contributed by atoms with Gasteiger partial charge in [-0.2, -0.15) is 0 Å². The van der Waals surface area contributed by atoms with Crippen molar-refractivity contribution >= 4 is 18.4 Å². The normalized spacial score (nSPS) is 24.6. The second kappa shape index (κ2) is 5.19. The number of methoxy groups -OCH3 is 1. The zero-order valence-electron chi connectivity index (χ0n) is 8.43. The lowest BCUT2D eigenvalue weighted by Crippen LogP contribution is -2.22. The first-order valence-corrected chi connectivity index (χ1v) is 4.63. The number of hydrogen-bond donors (Lipinski definition) is 1. The third kappa shape index (κ3) is 2.33. The van der Waals surface area contributed by atoms with E-state index in [1.807, 2.05) is 6.07 Å². The summed E-state index contributed by atoms with van der Waals surface area (Å²) in [6.45, 7) is 1.49. The largest absolute Gasteiger partial charge is 0.472 e. The number of halogens is 1. The molecule has 1 saturated heterocycles. The average Bonchev–Trinajstić information content (AvgIpc) is 2.85. The summed E-state index contributed by atoms with van der Waals surface area (Å²) in [4.78, 5) is 11.4. The second-order valence-corrected chi connectivity index (χ2v) is 3.45. The van der Waals surface area contributed by atoms with Crippen LogP contribution < -0.4 is 5.32 Å². The van der Waals surface area contributed by atoms with Crippen LogP contribution in [0.1, 0.15) is 11.5 Å². The van der Waals surface area contributed by atoms with E-state index in [1.165, 1.54) is 7.11 Å². The van der Waals surface area contributed by atoms with E-state index >= 15 is 0 Å². The maximum absolute atomic E-state index is 11.4. The van der Waals surface area contributed by atoms with Crippen LogP contribution in [0, 0.1) is 5.92 Å². The van der Waals surface area contributed by atoms with Crippen LogP contribution in [-0.4, -0.2) is 26.2 Å². The molecule has 15 heavy (non-hydrogen) atoms. The maximum Gasteiger partial charge on any atom is 0.310 e. The average molecular weight is 232 g/mol. The van der Waals surface area contributed by atoms with Gasteiger partial charge in [0.25, 0.3) is 0 Å².